The highest BCUT2D eigenvalue weighted by Gasteiger charge is 2.14. The Balaban J connectivity index is 2.60. The lowest BCUT2D eigenvalue weighted by Gasteiger charge is -2.26. The summed E-state index contributed by atoms with van der Waals surface area (Å²) in [5.41, 5.74) is 0.241. The molecule has 1 unspecified atom stereocenters. The van der Waals surface area contributed by atoms with Crippen LogP contribution in [0.2, 0.25) is 0 Å². The Morgan fingerprint density at radius 3 is 2.16 bits per heavy atom. The molecule has 0 aromatic heterocycles. The van der Waals surface area contributed by atoms with Crippen LogP contribution in [0.5, 0.6) is 0 Å². The van der Waals surface area contributed by atoms with E-state index in [1.165, 1.54) is 0 Å². The van der Waals surface area contributed by atoms with Gasteiger partial charge in [0.05, 0.1) is 12.7 Å². The number of rotatable bonds is 7. The minimum atomic E-state index is -0.912. The number of benzene rings is 1. The van der Waals surface area contributed by atoms with Gasteiger partial charge in [0.25, 0.3) is 0 Å². The maximum atomic E-state index is 13.0. The number of hydrogen-bond acceptors (Lipinski definition) is 3. The standard InChI is InChI=1S/C14H21F2NO2/c1-10(2)17(5-6-18)4-3-14(19)11-7-12(15)9-13(16)8-11/h7-10,14,18-19H,3-6H2,1-2H3. The monoisotopic (exact) mass is 273 g/mol. The fourth-order valence-corrected chi connectivity index (χ4v) is 1.98. The molecular weight excluding hydrogens is 252 g/mol. The largest absolute Gasteiger partial charge is 0.395 e. The third-order valence-corrected chi connectivity index (χ3v) is 3.08. The summed E-state index contributed by atoms with van der Waals surface area (Å²) in [5.74, 6) is -1.38. The Morgan fingerprint density at radius 2 is 1.68 bits per heavy atom. The van der Waals surface area contributed by atoms with E-state index in [2.05, 4.69) is 0 Å². The number of hydrogen-bond donors (Lipinski definition) is 2. The summed E-state index contributed by atoms with van der Waals surface area (Å²) in [6.07, 6.45) is -0.550. The molecule has 1 aromatic carbocycles. The van der Waals surface area contributed by atoms with E-state index in [0.717, 1.165) is 18.2 Å². The van der Waals surface area contributed by atoms with Gasteiger partial charge < -0.3 is 10.2 Å². The molecule has 1 aromatic rings. The summed E-state index contributed by atoms with van der Waals surface area (Å²) >= 11 is 0. The van der Waals surface area contributed by atoms with Gasteiger partial charge >= 0.3 is 0 Å². The first kappa shape index (κ1) is 16.0. The van der Waals surface area contributed by atoms with Crippen LogP contribution in [-0.4, -0.2) is 40.9 Å². The van der Waals surface area contributed by atoms with Crippen LogP contribution in [0.15, 0.2) is 18.2 Å². The van der Waals surface area contributed by atoms with E-state index in [1.807, 2.05) is 18.7 Å². The van der Waals surface area contributed by atoms with Gasteiger partial charge in [0.2, 0.25) is 0 Å². The summed E-state index contributed by atoms with van der Waals surface area (Å²) < 4.78 is 26.1. The van der Waals surface area contributed by atoms with Crippen molar-refractivity contribution in [1.82, 2.24) is 4.90 Å². The van der Waals surface area contributed by atoms with Gasteiger partial charge in [-0.05, 0) is 38.0 Å². The Hall–Kier alpha value is -1.04. The van der Waals surface area contributed by atoms with E-state index in [-0.39, 0.29) is 18.2 Å². The molecular formula is C14H21F2NO2. The second-order valence-corrected chi connectivity index (χ2v) is 4.86. The second kappa shape index (κ2) is 7.53. The zero-order valence-corrected chi connectivity index (χ0v) is 11.3. The van der Waals surface area contributed by atoms with Crippen LogP contribution < -0.4 is 0 Å². The van der Waals surface area contributed by atoms with Crippen molar-refractivity contribution in [3.63, 3.8) is 0 Å². The van der Waals surface area contributed by atoms with E-state index in [9.17, 15) is 13.9 Å². The summed E-state index contributed by atoms with van der Waals surface area (Å²) in [7, 11) is 0. The average molecular weight is 273 g/mol. The lowest BCUT2D eigenvalue weighted by Crippen LogP contribution is -2.35. The fourth-order valence-electron chi connectivity index (χ4n) is 1.98. The first-order valence-electron chi connectivity index (χ1n) is 6.43. The van der Waals surface area contributed by atoms with Gasteiger partial charge in [-0.25, -0.2) is 8.78 Å². The first-order valence-corrected chi connectivity index (χ1v) is 6.43. The molecule has 0 bridgehead atoms. The summed E-state index contributed by atoms with van der Waals surface area (Å²) in [5, 5.41) is 18.9. The molecule has 0 radical (unpaired) electrons. The lowest BCUT2D eigenvalue weighted by molar-refractivity contribution is 0.116. The van der Waals surface area contributed by atoms with Crippen LogP contribution in [0.1, 0.15) is 31.9 Å². The quantitative estimate of drug-likeness (QED) is 0.799. The predicted molar refractivity (Wildman–Crippen MR) is 69.7 cm³/mol. The Kier molecular flexibility index (Phi) is 6.34. The topological polar surface area (TPSA) is 43.7 Å². The zero-order valence-electron chi connectivity index (χ0n) is 11.3. The van der Waals surface area contributed by atoms with E-state index in [0.29, 0.717) is 19.5 Å². The number of aliphatic hydroxyl groups excluding tert-OH is 2. The van der Waals surface area contributed by atoms with Crippen molar-refractivity contribution < 1.29 is 19.0 Å². The zero-order chi connectivity index (χ0) is 14.4. The molecule has 0 fully saturated rings. The maximum Gasteiger partial charge on any atom is 0.126 e. The third kappa shape index (κ3) is 5.22. The molecule has 2 N–H and O–H groups in total. The van der Waals surface area contributed by atoms with Crippen molar-refractivity contribution in [3.05, 3.63) is 35.4 Å². The molecule has 0 amide bonds. The smallest absolute Gasteiger partial charge is 0.126 e. The van der Waals surface area contributed by atoms with Crippen LogP contribution in [0.3, 0.4) is 0 Å². The van der Waals surface area contributed by atoms with Gasteiger partial charge in [-0.2, -0.15) is 0 Å². The minimum Gasteiger partial charge on any atom is -0.395 e. The first-order chi connectivity index (χ1) is 8.93. The molecule has 0 aliphatic rings. The highest BCUT2D eigenvalue weighted by Crippen LogP contribution is 2.20. The molecule has 3 nitrogen and oxygen atoms in total. The molecule has 0 heterocycles. The van der Waals surface area contributed by atoms with Crippen LogP contribution in [0.4, 0.5) is 8.78 Å². The minimum absolute atomic E-state index is 0.0445. The molecule has 0 spiro atoms. The highest BCUT2D eigenvalue weighted by molar-refractivity contribution is 5.20. The Labute approximate surface area is 112 Å². The third-order valence-electron chi connectivity index (χ3n) is 3.08. The number of aliphatic hydroxyl groups is 2. The van der Waals surface area contributed by atoms with Crippen molar-refractivity contribution in [1.29, 1.82) is 0 Å². The number of halogens is 2. The van der Waals surface area contributed by atoms with Crippen LogP contribution in [0, 0.1) is 11.6 Å². The molecule has 1 rings (SSSR count). The van der Waals surface area contributed by atoms with E-state index >= 15 is 0 Å². The van der Waals surface area contributed by atoms with Crippen molar-refractivity contribution in [3.8, 4) is 0 Å². The van der Waals surface area contributed by atoms with Gasteiger partial charge in [0.1, 0.15) is 11.6 Å². The van der Waals surface area contributed by atoms with Crippen molar-refractivity contribution in [2.24, 2.45) is 0 Å². The van der Waals surface area contributed by atoms with E-state index < -0.39 is 17.7 Å². The molecule has 108 valence electrons. The Morgan fingerprint density at radius 1 is 1.11 bits per heavy atom. The van der Waals surface area contributed by atoms with E-state index in [4.69, 9.17) is 5.11 Å². The molecule has 5 heteroatoms. The maximum absolute atomic E-state index is 13.0. The van der Waals surface area contributed by atoms with Gasteiger partial charge in [0, 0.05) is 25.2 Å². The predicted octanol–water partition coefficient (Wildman–Crippen LogP) is 2.09. The van der Waals surface area contributed by atoms with Gasteiger partial charge in [-0.15, -0.1) is 0 Å². The highest BCUT2D eigenvalue weighted by atomic mass is 19.1. The molecule has 1 atom stereocenters. The normalized spacial score (nSPS) is 13.3. The average Bonchev–Trinajstić information content (AvgIpc) is 2.32. The summed E-state index contributed by atoms with van der Waals surface area (Å²) in [6.45, 7) is 5.09. The van der Waals surface area contributed by atoms with Crippen molar-refractivity contribution in [2.45, 2.75) is 32.4 Å². The van der Waals surface area contributed by atoms with Gasteiger partial charge in [-0.3, -0.25) is 4.90 Å². The van der Waals surface area contributed by atoms with Crippen molar-refractivity contribution in [2.75, 3.05) is 19.7 Å². The molecule has 0 saturated heterocycles. The van der Waals surface area contributed by atoms with Crippen LogP contribution >= 0.6 is 0 Å². The molecule has 0 aliphatic heterocycles. The van der Waals surface area contributed by atoms with Gasteiger partial charge in [0.15, 0.2) is 0 Å². The summed E-state index contributed by atoms with van der Waals surface area (Å²) in [6, 6.07) is 3.30. The fraction of sp³-hybridized carbons (Fsp3) is 0.571. The van der Waals surface area contributed by atoms with Crippen LogP contribution in [-0.2, 0) is 0 Å². The second-order valence-electron chi connectivity index (χ2n) is 4.86. The lowest BCUT2D eigenvalue weighted by atomic mass is 10.1. The van der Waals surface area contributed by atoms with Crippen molar-refractivity contribution >= 4 is 0 Å². The SMILES string of the molecule is CC(C)N(CCO)CCC(O)c1cc(F)cc(F)c1. The molecule has 0 saturated carbocycles. The summed E-state index contributed by atoms with van der Waals surface area (Å²) in [4.78, 5) is 2.00. The molecule has 19 heavy (non-hydrogen) atoms. The van der Waals surface area contributed by atoms with Crippen LogP contribution in [0.25, 0.3) is 0 Å². The number of nitrogens with zero attached hydrogens (tertiary/aromatic N) is 1. The molecule has 0 aliphatic carbocycles. The van der Waals surface area contributed by atoms with Gasteiger partial charge in [-0.1, -0.05) is 0 Å². The van der Waals surface area contributed by atoms with E-state index in [1.54, 1.807) is 0 Å². The Bertz CT molecular complexity index is 379.